The van der Waals surface area contributed by atoms with Crippen LogP contribution in [0.4, 0.5) is 9.18 Å². The number of methoxy groups -OCH3 is 1. The molecule has 2 aromatic carbocycles. The summed E-state index contributed by atoms with van der Waals surface area (Å²) in [6.07, 6.45) is 0.329. The molecule has 1 heterocycles. The third kappa shape index (κ3) is 3.16. The quantitative estimate of drug-likeness (QED) is 0.627. The largest absolute Gasteiger partial charge is 0.496 e. The fourth-order valence-corrected chi connectivity index (χ4v) is 3.26. The molecule has 1 saturated heterocycles. The molecule has 1 N–H and O–H groups in total. The zero-order valence-corrected chi connectivity index (χ0v) is 15.0. The summed E-state index contributed by atoms with van der Waals surface area (Å²) in [4.78, 5) is 39.0. The van der Waals surface area contributed by atoms with E-state index in [1.165, 1.54) is 19.2 Å². The predicted molar refractivity (Wildman–Crippen MR) is 95.9 cm³/mol. The van der Waals surface area contributed by atoms with Gasteiger partial charge < -0.3 is 10.1 Å². The number of rotatable bonds is 6. The molecule has 0 radical (unpaired) electrons. The number of hydrogen-bond donors (Lipinski definition) is 1. The van der Waals surface area contributed by atoms with Crippen molar-refractivity contribution < 1.29 is 23.5 Å². The first-order chi connectivity index (χ1) is 12.9. The van der Waals surface area contributed by atoms with Crippen LogP contribution in [0, 0.1) is 5.82 Å². The Morgan fingerprint density at radius 3 is 2.52 bits per heavy atom. The first-order valence-electron chi connectivity index (χ1n) is 8.49. The second kappa shape index (κ2) is 7.19. The number of urea groups is 1. The number of nitrogens with one attached hydrogen (secondary N) is 1. The fourth-order valence-electron chi connectivity index (χ4n) is 3.26. The number of benzene rings is 2. The van der Waals surface area contributed by atoms with Gasteiger partial charge in [-0.2, -0.15) is 0 Å². The van der Waals surface area contributed by atoms with Gasteiger partial charge in [0.05, 0.1) is 19.2 Å². The molecule has 3 amide bonds. The summed E-state index contributed by atoms with van der Waals surface area (Å²) in [6.45, 7) is 1.28. The van der Waals surface area contributed by atoms with Crippen LogP contribution in [-0.4, -0.2) is 36.3 Å². The molecule has 0 saturated carbocycles. The van der Waals surface area contributed by atoms with E-state index in [1.807, 2.05) is 6.07 Å². The molecular formula is C20H19FN2O4. The van der Waals surface area contributed by atoms with Crippen molar-refractivity contribution in [3.05, 3.63) is 65.5 Å². The molecule has 1 aliphatic heterocycles. The maximum absolute atomic E-state index is 13.5. The molecule has 0 aliphatic carbocycles. The van der Waals surface area contributed by atoms with E-state index in [4.69, 9.17) is 4.74 Å². The van der Waals surface area contributed by atoms with Crippen LogP contribution in [0.2, 0.25) is 0 Å². The molecule has 0 aromatic heterocycles. The average molecular weight is 370 g/mol. The number of Topliss-reactive ketones (excluding diaryl/α,β-unsaturated/α-hetero) is 1. The van der Waals surface area contributed by atoms with E-state index in [-0.39, 0.29) is 11.3 Å². The molecule has 1 aliphatic rings. The maximum Gasteiger partial charge on any atom is 0.325 e. The Bertz CT molecular complexity index is 900. The predicted octanol–water partition coefficient (Wildman–Crippen LogP) is 2.87. The van der Waals surface area contributed by atoms with Gasteiger partial charge in [-0.1, -0.05) is 37.3 Å². The van der Waals surface area contributed by atoms with Crippen LogP contribution in [0.5, 0.6) is 5.75 Å². The first-order valence-corrected chi connectivity index (χ1v) is 8.49. The van der Waals surface area contributed by atoms with Crippen molar-refractivity contribution in [1.82, 2.24) is 10.2 Å². The molecule has 1 fully saturated rings. The summed E-state index contributed by atoms with van der Waals surface area (Å²) in [6, 6.07) is 11.7. The van der Waals surface area contributed by atoms with Crippen LogP contribution < -0.4 is 10.1 Å². The Hall–Kier alpha value is -3.22. The van der Waals surface area contributed by atoms with Crippen molar-refractivity contribution in [2.75, 3.05) is 13.7 Å². The van der Waals surface area contributed by atoms with E-state index in [0.29, 0.717) is 12.0 Å². The normalized spacial score (nSPS) is 19.1. The lowest BCUT2D eigenvalue weighted by Gasteiger charge is -2.25. The highest BCUT2D eigenvalue weighted by atomic mass is 19.1. The van der Waals surface area contributed by atoms with Crippen LogP contribution >= 0.6 is 0 Å². The molecule has 140 valence electrons. The van der Waals surface area contributed by atoms with E-state index in [9.17, 15) is 18.8 Å². The molecule has 7 heteroatoms. The van der Waals surface area contributed by atoms with Crippen molar-refractivity contribution in [3.63, 3.8) is 0 Å². The van der Waals surface area contributed by atoms with Gasteiger partial charge in [0, 0.05) is 0 Å². The molecule has 0 unspecified atom stereocenters. The third-order valence-electron chi connectivity index (χ3n) is 4.74. The SMILES string of the molecule is CC[C@]1(c2ccccc2)NC(=O)N(CC(=O)c2cc(F)ccc2OC)C1=O. The highest BCUT2D eigenvalue weighted by Crippen LogP contribution is 2.32. The number of halogens is 1. The number of nitrogens with zero attached hydrogens (tertiary/aromatic N) is 1. The lowest BCUT2D eigenvalue weighted by atomic mass is 9.87. The highest BCUT2D eigenvalue weighted by molar-refractivity contribution is 6.11. The van der Waals surface area contributed by atoms with Gasteiger partial charge in [-0.25, -0.2) is 9.18 Å². The van der Waals surface area contributed by atoms with Crippen molar-refractivity contribution >= 4 is 17.7 Å². The summed E-state index contributed by atoms with van der Waals surface area (Å²) in [5.74, 6) is -1.53. The second-order valence-corrected chi connectivity index (χ2v) is 6.21. The molecule has 27 heavy (non-hydrogen) atoms. The third-order valence-corrected chi connectivity index (χ3v) is 4.74. The van der Waals surface area contributed by atoms with Crippen LogP contribution in [-0.2, 0) is 10.3 Å². The monoisotopic (exact) mass is 370 g/mol. The average Bonchev–Trinajstić information content (AvgIpc) is 2.93. The molecule has 3 rings (SSSR count). The van der Waals surface area contributed by atoms with E-state index in [1.54, 1.807) is 31.2 Å². The number of ether oxygens (including phenoxy) is 1. The van der Waals surface area contributed by atoms with Gasteiger partial charge in [0.25, 0.3) is 5.91 Å². The van der Waals surface area contributed by atoms with Crippen molar-refractivity contribution in [2.45, 2.75) is 18.9 Å². The van der Waals surface area contributed by atoms with Gasteiger partial charge in [0.2, 0.25) is 0 Å². The number of hydrogen-bond acceptors (Lipinski definition) is 4. The van der Waals surface area contributed by atoms with Crippen LogP contribution in [0.1, 0.15) is 29.3 Å². The van der Waals surface area contributed by atoms with Crippen molar-refractivity contribution in [2.24, 2.45) is 0 Å². The van der Waals surface area contributed by atoms with E-state index >= 15 is 0 Å². The minimum atomic E-state index is -1.22. The summed E-state index contributed by atoms with van der Waals surface area (Å²) < 4.78 is 18.6. The summed E-state index contributed by atoms with van der Waals surface area (Å²) in [5, 5.41) is 2.71. The maximum atomic E-state index is 13.5. The van der Waals surface area contributed by atoms with Crippen LogP contribution in [0.25, 0.3) is 0 Å². The Balaban J connectivity index is 1.90. The van der Waals surface area contributed by atoms with Crippen LogP contribution in [0.3, 0.4) is 0 Å². The number of carbonyl (C=O) groups is 3. The minimum absolute atomic E-state index is 0.0215. The summed E-state index contributed by atoms with van der Waals surface area (Å²) >= 11 is 0. The highest BCUT2D eigenvalue weighted by Gasteiger charge is 2.51. The Morgan fingerprint density at radius 1 is 1.19 bits per heavy atom. The lowest BCUT2D eigenvalue weighted by molar-refractivity contribution is -0.131. The minimum Gasteiger partial charge on any atom is -0.496 e. The van der Waals surface area contributed by atoms with E-state index in [2.05, 4.69) is 5.32 Å². The van der Waals surface area contributed by atoms with E-state index < -0.39 is 35.6 Å². The molecule has 2 aromatic rings. The zero-order valence-electron chi connectivity index (χ0n) is 15.0. The number of imide groups is 1. The standard InChI is InChI=1S/C20H19FN2O4/c1-3-20(13-7-5-4-6-8-13)18(25)23(19(26)22-20)12-16(24)15-11-14(21)9-10-17(15)27-2/h4-11H,3,12H2,1-2H3,(H,22,26)/t20-/m1/s1. The van der Waals surface area contributed by atoms with Gasteiger partial charge in [0.1, 0.15) is 17.1 Å². The smallest absolute Gasteiger partial charge is 0.325 e. The Kier molecular flexibility index (Phi) is 4.94. The molecule has 0 spiro atoms. The first kappa shape index (κ1) is 18.6. The van der Waals surface area contributed by atoms with Gasteiger partial charge in [-0.15, -0.1) is 0 Å². The van der Waals surface area contributed by atoms with Gasteiger partial charge in [0.15, 0.2) is 5.78 Å². The number of ketones is 1. The van der Waals surface area contributed by atoms with Gasteiger partial charge >= 0.3 is 6.03 Å². The zero-order chi connectivity index (χ0) is 19.6. The van der Waals surface area contributed by atoms with Crippen molar-refractivity contribution in [1.29, 1.82) is 0 Å². The number of amides is 3. The van der Waals surface area contributed by atoms with Gasteiger partial charge in [-0.05, 0) is 30.2 Å². The lowest BCUT2D eigenvalue weighted by Crippen LogP contribution is -2.43. The van der Waals surface area contributed by atoms with Crippen molar-refractivity contribution in [3.8, 4) is 5.75 Å². The fraction of sp³-hybridized carbons (Fsp3) is 0.250. The summed E-state index contributed by atoms with van der Waals surface area (Å²) in [7, 11) is 1.36. The van der Waals surface area contributed by atoms with E-state index in [0.717, 1.165) is 11.0 Å². The Morgan fingerprint density at radius 2 is 1.89 bits per heavy atom. The molecule has 0 bridgehead atoms. The molecule has 6 nitrogen and oxygen atoms in total. The Labute approximate surface area is 155 Å². The van der Waals surface area contributed by atoms with Crippen LogP contribution in [0.15, 0.2) is 48.5 Å². The number of carbonyl (C=O) groups excluding carboxylic acids is 3. The molecular weight excluding hydrogens is 351 g/mol. The topological polar surface area (TPSA) is 75.7 Å². The second-order valence-electron chi connectivity index (χ2n) is 6.21. The molecule has 1 atom stereocenters. The summed E-state index contributed by atoms with van der Waals surface area (Å²) in [5.41, 5.74) is -0.596. The van der Waals surface area contributed by atoms with Gasteiger partial charge in [-0.3, -0.25) is 14.5 Å².